The summed E-state index contributed by atoms with van der Waals surface area (Å²) in [6, 6.07) is 4.56. The lowest BCUT2D eigenvalue weighted by Crippen LogP contribution is -2.31. The van der Waals surface area contributed by atoms with Gasteiger partial charge in [-0.15, -0.1) is 0 Å². The maximum absolute atomic E-state index is 5.47. The van der Waals surface area contributed by atoms with Crippen LogP contribution in [0.1, 0.15) is 39.0 Å². The van der Waals surface area contributed by atoms with Gasteiger partial charge in [0.15, 0.2) is 0 Å². The molecule has 1 fully saturated rings. The predicted molar refractivity (Wildman–Crippen MR) is 81.3 cm³/mol. The number of methoxy groups -OCH3 is 1. The molecule has 2 atom stereocenters. The van der Waals surface area contributed by atoms with Gasteiger partial charge in [0.2, 0.25) is 5.88 Å². The van der Waals surface area contributed by atoms with E-state index in [-0.39, 0.29) is 0 Å². The molecule has 0 saturated heterocycles. The third-order valence-electron chi connectivity index (χ3n) is 4.06. The fourth-order valence-electron chi connectivity index (χ4n) is 2.88. The third kappa shape index (κ3) is 4.37. The van der Waals surface area contributed by atoms with Gasteiger partial charge in [0, 0.05) is 19.2 Å². The molecule has 1 aromatic heterocycles. The van der Waals surface area contributed by atoms with Crippen LogP contribution in [0.3, 0.4) is 0 Å². The minimum Gasteiger partial charge on any atom is -0.475 e. The van der Waals surface area contributed by atoms with Gasteiger partial charge in [-0.25, -0.2) is 4.98 Å². The Kier molecular flexibility index (Phi) is 6.12. The first-order chi connectivity index (χ1) is 9.83. The van der Waals surface area contributed by atoms with Gasteiger partial charge in [-0.1, -0.05) is 26.2 Å². The van der Waals surface area contributed by atoms with Crippen LogP contribution in [-0.4, -0.2) is 31.3 Å². The van der Waals surface area contributed by atoms with Gasteiger partial charge in [0.05, 0.1) is 18.5 Å². The Bertz CT molecular complexity index is 381. The summed E-state index contributed by atoms with van der Waals surface area (Å²) in [4.78, 5) is 4.33. The predicted octanol–water partition coefficient (Wildman–Crippen LogP) is 3.49. The van der Waals surface area contributed by atoms with Crippen LogP contribution >= 0.6 is 0 Å². The second kappa shape index (κ2) is 8.10. The van der Waals surface area contributed by atoms with E-state index in [0.717, 1.165) is 11.6 Å². The smallest absolute Gasteiger partial charge is 0.213 e. The Balaban J connectivity index is 1.86. The Morgan fingerprint density at radius 2 is 2.10 bits per heavy atom. The Morgan fingerprint density at radius 1 is 1.25 bits per heavy atom. The van der Waals surface area contributed by atoms with Gasteiger partial charge in [-0.2, -0.15) is 0 Å². The fraction of sp³-hybridized carbons (Fsp3) is 0.688. The molecule has 0 bridgehead atoms. The van der Waals surface area contributed by atoms with E-state index < -0.39 is 0 Å². The first-order valence-electron chi connectivity index (χ1n) is 7.67. The second-order valence-electron chi connectivity index (χ2n) is 5.43. The van der Waals surface area contributed by atoms with Crippen LogP contribution in [0.25, 0.3) is 0 Å². The van der Waals surface area contributed by atoms with Gasteiger partial charge < -0.3 is 14.8 Å². The highest BCUT2D eigenvalue weighted by molar-refractivity contribution is 5.43. The van der Waals surface area contributed by atoms with Crippen LogP contribution in [0.2, 0.25) is 0 Å². The summed E-state index contributed by atoms with van der Waals surface area (Å²) in [7, 11) is 1.66. The van der Waals surface area contributed by atoms with Crippen LogP contribution in [-0.2, 0) is 4.74 Å². The monoisotopic (exact) mass is 278 g/mol. The molecule has 1 saturated carbocycles. The van der Waals surface area contributed by atoms with Crippen molar-refractivity contribution < 1.29 is 9.47 Å². The van der Waals surface area contributed by atoms with Crippen molar-refractivity contribution in [3.8, 4) is 5.88 Å². The number of ether oxygens (including phenoxy) is 2. The summed E-state index contributed by atoms with van der Waals surface area (Å²) in [5, 5.41) is 3.63. The number of nitrogens with one attached hydrogen (secondary N) is 1. The molecule has 1 aliphatic carbocycles. The van der Waals surface area contributed by atoms with E-state index in [2.05, 4.69) is 23.3 Å². The molecule has 4 nitrogen and oxygen atoms in total. The molecule has 0 spiro atoms. The molecule has 1 aromatic rings. The molecule has 2 rings (SSSR count). The number of rotatable bonds is 7. The van der Waals surface area contributed by atoms with E-state index in [4.69, 9.17) is 9.47 Å². The number of anilines is 1. The van der Waals surface area contributed by atoms with Gasteiger partial charge in [-0.05, 0) is 24.8 Å². The highest BCUT2D eigenvalue weighted by Crippen LogP contribution is 2.29. The SMILES string of the molecule is CCC1CCCCC1Nc1ccc(OCCOC)nc1. The average Bonchev–Trinajstić information content (AvgIpc) is 2.50. The minimum atomic E-state index is 0.539. The number of nitrogens with zero attached hydrogens (tertiary/aromatic N) is 1. The van der Waals surface area contributed by atoms with Crippen molar-refractivity contribution in [1.82, 2.24) is 4.98 Å². The standard InChI is InChI=1S/C16H26N2O2/c1-3-13-6-4-5-7-15(13)18-14-8-9-16(17-12-14)20-11-10-19-2/h8-9,12-13,15,18H,3-7,10-11H2,1-2H3. The molecule has 112 valence electrons. The lowest BCUT2D eigenvalue weighted by Gasteiger charge is -2.32. The molecular weight excluding hydrogens is 252 g/mol. The van der Waals surface area contributed by atoms with Crippen molar-refractivity contribution in [3.05, 3.63) is 18.3 Å². The lowest BCUT2D eigenvalue weighted by molar-refractivity contribution is 0.144. The minimum absolute atomic E-state index is 0.539. The van der Waals surface area contributed by atoms with Crippen molar-refractivity contribution >= 4 is 5.69 Å². The molecule has 1 aliphatic rings. The van der Waals surface area contributed by atoms with Gasteiger partial charge >= 0.3 is 0 Å². The zero-order valence-corrected chi connectivity index (χ0v) is 12.6. The maximum atomic E-state index is 5.47. The molecule has 1 heterocycles. The van der Waals surface area contributed by atoms with Crippen molar-refractivity contribution in [2.45, 2.75) is 45.1 Å². The number of hydrogen-bond donors (Lipinski definition) is 1. The number of aromatic nitrogens is 1. The quantitative estimate of drug-likeness (QED) is 0.775. The molecule has 0 radical (unpaired) electrons. The highest BCUT2D eigenvalue weighted by Gasteiger charge is 2.23. The van der Waals surface area contributed by atoms with E-state index in [0.29, 0.717) is 25.1 Å². The molecule has 0 aliphatic heterocycles. The Morgan fingerprint density at radius 3 is 2.80 bits per heavy atom. The highest BCUT2D eigenvalue weighted by atomic mass is 16.5. The summed E-state index contributed by atoms with van der Waals surface area (Å²) in [5.74, 6) is 1.45. The van der Waals surface area contributed by atoms with E-state index in [1.54, 1.807) is 7.11 Å². The third-order valence-corrected chi connectivity index (χ3v) is 4.06. The maximum Gasteiger partial charge on any atom is 0.213 e. The summed E-state index contributed by atoms with van der Waals surface area (Å²) < 4.78 is 10.4. The van der Waals surface area contributed by atoms with Crippen LogP contribution in [0, 0.1) is 5.92 Å². The van der Waals surface area contributed by atoms with Crippen molar-refractivity contribution in [3.63, 3.8) is 0 Å². The number of hydrogen-bond acceptors (Lipinski definition) is 4. The topological polar surface area (TPSA) is 43.4 Å². The molecule has 1 N–H and O–H groups in total. The van der Waals surface area contributed by atoms with Crippen LogP contribution in [0.4, 0.5) is 5.69 Å². The van der Waals surface area contributed by atoms with E-state index in [1.807, 2.05) is 12.3 Å². The van der Waals surface area contributed by atoms with Crippen LogP contribution in [0.15, 0.2) is 18.3 Å². The fourth-order valence-corrected chi connectivity index (χ4v) is 2.88. The van der Waals surface area contributed by atoms with E-state index in [9.17, 15) is 0 Å². The molecule has 0 amide bonds. The summed E-state index contributed by atoms with van der Waals surface area (Å²) in [6.45, 7) is 3.41. The first-order valence-corrected chi connectivity index (χ1v) is 7.67. The Hall–Kier alpha value is -1.29. The van der Waals surface area contributed by atoms with Crippen LogP contribution in [0.5, 0.6) is 5.88 Å². The first kappa shape index (κ1) is 15.1. The van der Waals surface area contributed by atoms with Gasteiger partial charge in [-0.3, -0.25) is 0 Å². The van der Waals surface area contributed by atoms with Gasteiger partial charge in [0.1, 0.15) is 6.61 Å². The zero-order chi connectivity index (χ0) is 14.2. The molecule has 0 aromatic carbocycles. The summed E-state index contributed by atoms with van der Waals surface area (Å²) >= 11 is 0. The zero-order valence-electron chi connectivity index (χ0n) is 12.6. The van der Waals surface area contributed by atoms with Gasteiger partial charge in [0.25, 0.3) is 0 Å². The molecule has 2 unspecified atom stereocenters. The molecule has 4 heteroatoms. The van der Waals surface area contributed by atoms with Crippen molar-refractivity contribution in [2.75, 3.05) is 25.6 Å². The average molecular weight is 278 g/mol. The molecule has 20 heavy (non-hydrogen) atoms. The normalized spacial score (nSPS) is 22.5. The largest absolute Gasteiger partial charge is 0.475 e. The second-order valence-corrected chi connectivity index (χ2v) is 5.43. The van der Waals surface area contributed by atoms with E-state index in [1.165, 1.54) is 32.1 Å². The van der Waals surface area contributed by atoms with Crippen molar-refractivity contribution in [1.29, 1.82) is 0 Å². The lowest BCUT2D eigenvalue weighted by atomic mass is 9.83. The summed E-state index contributed by atoms with van der Waals surface area (Å²) in [6.07, 6.45) is 8.44. The molecular formula is C16H26N2O2. The van der Waals surface area contributed by atoms with Crippen molar-refractivity contribution in [2.24, 2.45) is 5.92 Å². The van der Waals surface area contributed by atoms with Crippen LogP contribution < -0.4 is 10.1 Å². The summed E-state index contributed by atoms with van der Waals surface area (Å²) in [5.41, 5.74) is 1.09. The number of pyridine rings is 1. The van der Waals surface area contributed by atoms with E-state index >= 15 is 0 Å². The Labute approximate surface area is 121 Å².